The number of amides is 1. The molecule has 2 heterocycles. The lowest BCUT2D eigenvalue weighted by Gasteiger charge is -2.10. The number of fused-ring (bicyclic) bond motifs is 1. The molecule has 8 heteroatoms. The Labute approximate surface area is 217 Å². The van der Waals surface area contributed by atoms with Gasteiger partial charge in [-0.15, -0.1) is 11.3 Å². The molecule has 5 aromatic rings. The summed E-state index contributed by atoms with van der Waals surface area (Å²) in [6.45, 7) is 3.77. The molecule has 2 aromatic heterocycles. The molecule has 0 saturated heterocycles. The zero-order chi connectivity index (χ0) is 25.9. The van der Waals surface area contributed by atoms with Crippen molar-refractivity contribution in [3.05, 3.63) is 111 Å². The molecule has 3 aromatic carbocycles. The number of esters is 1. The second-order valence-electron chi connectivity index (χ2n) is 8.38. The maximum Gasteiger partial charge on any atom is 0.359 e. The highest BCUT2D eigenvalue weighted by Crippen LogP contribution is 2.31. The van der Waals surface area contributed by atoms with E-state index in [4.69, 9.17) is 4.74 Å². The lowest BCUT2D eigenvalue weighted by Crippen LogP contribution is -2.25. The minimum Gasteiger partial charge on any atom is -0.461 e. The number of nitrogens with zero attached hydrogens (tertiary/aromatic N) is 2. The lowest BCUT2D eigenvalue weighted by atomic mass is 10.0. The number of hydrogen-bond acceptors (Lipinski definition) is 6. The van der Waals surface area contributed by atoms with Gasteiger partial charge in [-0.3, -0.25) is 9.59 Å². The summed E-state index contributed by atoms with van der Waals surface area (Å²) >= 11 is 1.16. The molecule has 0 spiro atoms. The van der Waals surface area contributed by atoms with Gasteiger partial charge in [0.05, 0.1) is 17.7 Å². The van der Waals surface area contributed by atoms with Gasteiger partial charge in [0.15, 0.2) is 5.69 Å². The van der Waals surface area contributed by atoms with Crippen molar-refractivity contribution in [1.82, 2.24) is 9.78 Å². The fourth-order valence-corrected chi connectivity index (χ4v) is 4.98. The minimum atomic E-state index is -0.638. The number of ether oxygens (including phenoxy) is 1. The van der Waals surface area contributed by atoms with Gasteiger partial charge in [-0.25, -0.2) is 4.79 Å². The largest absolute Gasteiger partial charge is 0.461 e. The van der Waals surface area contributed by atoms with E-state index in [1.807, 2.05) is 61.5 Å². The van der Waals surface area contributed by atoms with Crippen molar-refractivity contribution in [2.45, 2.75) is 13.8 Å². The molecular formula is C29H23N3O4S. The van der Waals surface area contributed by atoms with E-state index >= 15 is 0 Å². The molecule has 0 unspecified atom stereocenters. The lowest BCUT2D eigenvalue weighted by molar-refractivity contribution is 0.0520. The summed E-state index contributed by atoms with van der Waals surface area (Å²) in [5, 5.41) is 9.73. The Kier molecular flexibility index (Phi) is 6.66. The molecular weight excluding hydrogens is 486 g/mol. The van der Waals surface area contributed by atoms with E-state index in [-0.39, 0.29) is 23.6 Å². The first kappa shape index (κ1) is 24.1. The van der Waals surface area contributed by atoms with Crippen LogP contribution in [0.2, 0.25) is 0 Å². The van der Waals surface area contributed by atoms with Gasteiger partial charge in [-0.1, -0.05) is 54.6 Å². The number of aryl methyl sites for hydroxylation is 1. The molecule has 5 rings (SSSR count). The van der Waals surface area contributed by atoms with Gasteiger partial charge in [-0.05, 0) is 54.8 Å². The number of hydrogen-bond donors (Lipinski definition) is 1. The van der Waals surface area contributed by atoms with Gasteiger partial charge in [-0.2, -0.15) is 9.78 Å². The highest BCUT2D eigenvalue weighted by atomic mass is 32.1. The smallest absolute Gasteiger partial charge is 0.359 e. The van der Waals surface area contributed by atoms with Crippen molar-refractivity contribution < 1.29 is 14.3 Å². The molecule has 0 bridgehead atoms. The van der Waals surface area contributed by atoms with E-state index in [1.54, 1.807) is 36.6 Å². The van der Waals surface area contributed by atoms with Crippen molar-refractivity contribution in [3.8, 4) is 16.8 Å². The summed E-state index contributed by atoms with van der Waals surface area (Å²) in [4.78, 5) is 39.4. The van der Waals surface area contributed by atoms with Crippen LogP contribution in [0.5, 0.6) is 0 Å². The van der Waals surface area contributed by atoms with Gasteiger partial charge >= 0.3 is 5.97 Å². The first-order chi connectivity index (χ1) is 18.0. The van der Waals surface area contributed by atoms with Crippen molar-refractivity contribution in [2.75, 3.05) is 11.9 Å². The summed E-state index contributed by atoms with van der Waals surface area (Å²) in [6.07, 6.45) is 0. The fraction of sp³-hybridized carbons (Fsp3) is 0.103. The second-order valence-corrected chi connectivity index (χ2v) is 9.26. The maximum atomic E-state index is 13.6. The van der Waals surface area contributed by atoms with Crippen LogP contribution in [-0.4, -0.2) is 28.3 Å². The normalized spacial score (nSPS) is 10.9. The number of anilines is 1. The maximum absolute atomic E-state index is 13.6. The first-order valence-corrected chi connectivity index (χ1v) is 12.6. The predicted octanol–water partition coefficient (Wildman–Crippen LogP) is 5.85. The van der Waals surface area contributed by atoms with E-state index in [0.717, 1.165) is 28.0 Å². The third kappa shape index (κ3) is 4.79. The number of aromatic nitrogens is 2. The van der Waals surface area contributed by atoms with Gasteiger partial charge in [0.2, 0.25) is 0 Å². The Morgan fingerprint density at radius 2 is 1.70 bits per heavy atom. The third-order valence-electron chi connectivity index (χ3n) is 5.85. The van der Waals surface area contributed by atoms with E-state index in [2.05, 4.69) is 10.4 Å². The number of rotatable bonds is 6. The van der Waals surface area contributed by atoms with Crippen LogP contribution in [-0.2, 0) is 4.74 Å². The van der Waals surface area contributed by atoms with Crippen LogP contribution in [0, 0.1) is 6.92 Å². The van der Waals surface area contributed by atoms with Gasteiger partial charge < -0.3 is 10.1 Å². The number of carbonyl (C=O) groups excluding carboxylic acids is 2. The summed E-state index contributed by atoms with van der Waals surface area (Å²) < 4.78 is 6.38. The van der Waals surface area contributed by atoms with E-state index < -0.39 is 11.5 Å². The average Bonchev–Trinajstić information content (AvgIpc) is 3.33. The zero-order valence-electron chi connectivity index (χ0n) is 20.2. The quantitative estimate of drug-likeness (QED) is 0.290. The van der Waals surface area contributed by atoms with Crippen LogP contribution in [0.15, 0.2) is 89.0 Å². The topological polar surface area (TPSA) is 90.3 Å². The van der Waals surface area contributed by atoms with Gasteiger partial charge in [0.25, 0.3) is 11.5 Å². The molecule has 1 amide bonds. The molecule has 37 heavy (non-hydrogen) atoms. The van der Waals surface area contributed by atoms with Crippen molar-refractivity contribution in [1.29, 1.82) is 0 Å². The average molecular weight is 510 g/mol. The molecule has 7 nitrogen and oxygen atoms in total. The van der Waals surface area contributed by atoms with Crippen molar-refractivity contribution in [2.24, 2.45) is 0 Å². The second kappa shape index (κ2) is 10.2. The Morgan fingerprint density at radius 3 is 2.41 bits per heavy atom. The van der Waals surface area contributed by atoms with Crippen molar-refractivity contribution in [3.63, 3.8) is 0 Å². The number of benzene rings is 3. The van der Waals surface area contributed by atoms with E-state index in [9.17, 15) is 14.4 Å². The standard InChI is InChI=1S/C29H23N3O4S/c1-3-36-29(35)25-23-17-37-27(24(23)28(34)32(31-25)22-11-7-8-18(2)16-22)30-26(33)21-14-12-20(13-15-21)19-9-5-4-6-10-19/h4-17H,3H2,1-2H3,(H,30,33). The SMILES string of the molecule is CCOC(=O)c1nn(-c2cccc(C)c2)c(=O)c2c(NC(=O)c3ccc(-c4ccccc4)cc3)scc12. The molecule has 1 N–H and O–H groups in total. The van der Waals surface area contributed by atoms with Crippen LogP contribution in [0.1, 0.15) is 33.3 Å². The first-order valence-electron chi connectivity index (χ1n) is 11.7. The molecule has 0 aliphatic heterocycles. The Balaban J connectivity index is 1.55. The molecule has 184 valence electrons. The summed E-state index contributed by atoms with van der Waals surface area (Å²) in [5.41, 5.74) is 3.50. The van der Waals surface area contributed by atoms with Crippen LogP contribution < -0.4 is 10.9 Å². The van der Waals surface area contributed by atoms with Crippen LogP contribution in [0.4, 0.5) is 5.00 Å². The summed E-state index contributed by atoms with van der Waals surface area (Å²) in [5.74, 6) is -1.000. The van der Waals surface area contributed by atoms with E-state index in [1.165, 1.54) is 4.68 Å². The Bertz CT molecular complexity index is 1670. The van der Waals surface area contributed by atoms with Crippen molar-refractivity contribution >= 4 is 39.0 Å². The molecule has 0 radical (unpaired) electrons. The van der Waals surface area contributed by atoms with Crippen LogP contribution in [0.3, 0.4) is 0 Å². The highest BCUT2D eigenvalue weighted by Gasteiger charge is 2.23. The molecule has 0 aliphatic rings. The van der Waals surface area contributed by atoms with Gasteiger partial charge in [0.1, 0.15) is 5.00 Å². The molecule has 0 aliphatic carbocycles. The molecule has 0 fully saturated rings. The Hall–Kier alpha value is -4.56. The number of thiophene rings is 1. The van der Waals surface area contributed by atoms with Gasteiger partial charge in [0, 0.05) is 16.3 Å². The number of carbonyl (C=O) groups is 2. The third-order valence-corrected chi connectivity index (χ3v) is 6.74. The minimum absolute atomic E-state index is 0.0157. The monoisotopic (exact) mass is 509 g/mol. The molecule has 0 atom stereocenters. The zero-order valence-corrected chi connectivity index (χ0v) is 21.0. The number of nitrogens with one attached hydrogen (secondary N) is 1. The van der Waals surface area contributed by atoms with Crippen LogP contribution in [0.25, 0.3) is 27.6 Å². The Morgan fingerprint density at radius 1 is 0.973 bits per heavy atom. The molecule has 0 saturated carbocycles. The fourth-order valence-electron chi connectivity index (χ4n) is 4.05. The highest BCUT2D eigenvalue weighted by molar-refractivity contribution is 7.16. The summed E-state index contributed by atoms with van der Waals surface area (Å²) in [6, 6.07) is 24.4. The van der Waals surface area contributed by atoms with E-state index in [0.29, 0.717) is 21.6 Å². The summed E-state index contributed by atoms with van der Waals surface area (Å²) in [7, 11) is 0. The van der Waals surface area contributed by atoms with Crippen LogP contribution >= 0.6 is 11.3 Å². The predicted molar refractivity (Wildman–Crippen MR) is 146 cm³/mol.